The average Bonchev–Trinajstić information content (AvgIpc) is 3.07. The van der Waals surface area contributed by atoms with Crippen molar-refractivity contribution in [3.63, 3.8) is 0 Å². The zero-order valence-electron chi connectivity index (χ0n) is 19.6. The number of ether oxygens (including phenoxy) is 1. The van der Waals surface area contributed by atoms with Crippen molar-refractivity contribution < 1.29 is 9.13 Å². The number of aromatic nitrogens is 1. The topological polar surface area (TPSA) is 60.5 Å². The van der Waals surface area contributed by atoms with Crippen molar-refractivity contribution in [3.8, 4) is 0 Å². The molecule has 7 heteroatoms. The highest BCUT2D eigenvalue weighted by molar-refractivity contribution is 6.36. The summed E-state index contributed by atoms with van der Waals surface area (Å²) >= 11 is 12.5. The highest BCUT2D eigenvalue weighted by Crippen LogP contribution is 2.36. The third-order valence-corrected chi connectivity index (χ3v) is 7.72. The molecule has 1 aromatic carbocycles. The molecular weight excluding hydrogens is 472 g/mol. The Morgan fingerprint density at radius 2 is 2.00 bits per heavy atom. The predicted octanol–water partition coefficient (Wildman–Crippen LogP) is 7.14. The lowest BCUT2D eigenvalue weighted by Gasteiger charge is -2.25. The van der Waals surface area contributed by atoms with Crippen LogP contribution in [0.15, 0.2) is 35.5 Å². The quantitative estimate of drug-likeness (QED) is 0.408. The normalized spacial score (nSPS) is 20.1. The lowest BCUT2D eigenvalue weighted by Crippen LogP contribution is -2.18. The van der Waals surface area contributed by atoms with Gasteiger partial charge >= 0.3 is 0 Å². The van der Waals surface area contributed by atoms with Crippen LogP contribution in [-0.2, 0) is 11.2 Å². The Morgan fingerprint density at radius 3 is 2.79 bits per heavy atom. The Balaban J connectivity index is 1.49. The highest BCUT2D eigenvalue weighted by Gasteiger charge is 2.21. The predicted molar refractivity (Wildman–Crippen MR) is 139 cm³/mol. The van der Waals surface area contributed by atoms with Gasteiger partial charge < -0.3 is 10.5 Å². The van der Waals surface area contributed by atoms with Crippen LogP contribution < -0.4 is 5.73 Å². The van der Waals surface area contributed by atoms with E-state index in [1.165, 1.54) is 12.5 Å². The number of aryl methyl sites for hydroxylation is 1. The second kappa shape index (κ2) is 11.7. The second-order valence-corrected chi connectivity index (χ2v) is 10.2. The Morgan fingerprint density at radius 1 is 1.21 bits per heavy atom. The van der Waals surface area contributed by atoms with Crippen molar-refractivity contribution in [2.75, 3.05) is 25.5 Å². The summed E-state index contributed by atoms with van der Waals surface area (Å²) in [5.41, 5.74) is 9.96. The number of allylic oxidation sites excluding steroid dienone is 2. The van der Waals surface area contributed by atoms with Crippen molar-refractivity contribution >= 4 is 40.8 Å². The second-order valence-electron chi connectivity index (χ2n) is 9.46. The third kappa shape index (κ3) is 6.18. The standard InChI is InChI=1S/C27H32Cl2FN3O/c1-17(25-23(28)4-5-24(30)26(25)29)2-3-20-14-22(16-33-27(20)31)21-13-19(6-9-32-15-21)12-18-7-10-34-11-8-18/h4-5,13-19H,2-3,6-12H2,1H3,(H2,31,33). The monoisotopic (exact) mass is 503 g/mol. The molecule has 34 heavy (non-hydrogen) atoms. The molecule has 0 saturated carbocycles. The number of hydrogen-bond acceptors (Lipinski definition) is 4. The molecule has 0 spiro atoms. The molecule has 3 heterocycles. The van der Waals surface area contributed by atoms with E-state index < -0.39 is 5.82 Å². The average molecular weight is 504 g/mol. The molecule has 2 atom stereocenters. The summed E-state index contributed by atoms with van der Waals surface area (Å²) < 4.78 is 19.5. The zero-order chi connectivity index (χ0) is 24.1. The van der Waals surface area contributed by atoms with E-state index in [0.29, 0.717) is 28.7 Å². The van der Waals surface area contributed by atoms with Gasteiger partial charge in [0.15, 0.2) is 0 Å². The van der Waals surface area contributed by atoms with E-state index >= 15 is 0 Å². The van der Waals surface area contributed by atoms with E-state index in [2.05, 4.69) is 22.1 Å². The van der Waals surface area contributed by atoms with Crippen LogP contribution in [0.3, 0.4) is 0 Å². The van der Waals surface area contributed by atoms with Crippen LogP contribution in [0.25, 0.3) is 5.57 Å². The van der Waals surface area contributed by atoms with Gasteiger partial charge in [0.05, 0.1) is 5.02 Å². The van der Waals surface area contributed by atoms with E-state index in [0.717, 1.165) is 68.1 Å². The summed E-state index contributed by atoms with van der Waals surface area (Å²) in [6, 6.07) is 4.96. The molecule has 2 N–H and O–H groups in total. The number of benzene rings is 1. The van der Waals surface area contributed by atoms with Gasteiger partial charge in [-0.15, -0.1) is 0 Å². The van der Waals surface area contributed by atoms with Crippen LogP contribution in [0, 0.1) is 17.7 Å². The number of nitrogens with zero attached hydrogens (tertiary/aromatic N) is 2. The third-order valence-electron chi connectivity index (χ3n) is 7.01. The lowest BCUT2D eigenvalue weighted by molar-refractivity contribution is 0.0603. The fourth-order valence-electron chi connectivity index (χ4n) is 4.94. The van der Waals surface area contributed by atoms with E-state index in [-0.39, 0.29) is 10.9 Å². The minimum Gasteiger partial charge on any atom is -0.383 e. The lowest BCUT2D eigenvalue weighted by atomic mass is 9.86. The Kier molecular flexibility index (Phi) is 8.62. The largest absolute Gasteiger partial charge is 0.383 e. The van der Waals surface area contributed by atoms with Gasteiger partial charge in [0.25, 0.3) is 0 Å². The van der Waals surface area contributed by atoms with Crippen LogP contribution >= 0.6 is 23.2 Å². The number of rotatable bonds is 7. The molecule has 2 unspecified atom stereocenters. The minimum absolute atomic E-state index is 0.0266. The maximum absolute atomic E-state index is 14.0. The number of anilines is 1. The van der Waals surface area contributed by atoms with Gasteiger partial charge in [-0.05, 0) is 91.2 Å². The van der Waals surface area contributed by atoms with Gasteiger partial charge in [-0.1, -0.05) is 36.2 Å². The number of nitrogen functional groups attached to an aromatic ring is 1. The SMILES string of the molecule is CC(CCc1cc(C2=CC(CC3CCOCC3)CCN=C2)cnc1N)c1c(Cl)ccc(F)c1Cl. The molecule has 4 nitrogen and oxygen atoms in total. The van der Waals surface area contributed by atoms with E-state index in [4.69, 9.17) is 33.7 Å². The maximum atomic E-state index is 14.0. The minimum atomic E-state index is -0.453. The van der Waals surface area contributed by atoms with Gasteiger partial charge in [0.1, 0.15) is 11.6 Å². The number of halogens is 3. The summed E-state index contributed by atoms with van der Waals surface area (Å²) in [6.07, 6.45) is 12.1. The molecule has 2 aliphatic rings. The van der Waals surface area contributed by atoms with Crippen LogP contribution in [0.2, 0.25) is 10.0 Å². The van der Waals surface area contributed by atoms with Gasteiger partial charge in [-0.3, -0.25) is 4.99 Å². The van der Waals surface area contributed by atoms with Crippen LogP contribution in [-0.4, -0.2) is 31.0 Å². The Bertz CT molecular complexity index is 1070. The molecule has 0 aliphatic carbocycles. The van der Waals surface area contributed by atoms with Crippen molar-refractivity contribution in [1.82, 2.24) is 4.98 Å². The molecule has 1 aromatic heterocycles. The number of hydrogen-bond donors (Lipinski definition) is 1. The summed E-state index contributed by atoms with van der Waals surface area (Å²) in [7, 11) is 0. The molecule has 1 saturated heterocycles. The molecule has 1 fully saturated rings. The van der Waals surface area contributed by atoms with E-state index in [1.54, 1.807) is 6.07 Å². The van der Waals surface area contributed by atoms with Crippen molar-refractivity contribution in [2.45, 2.75) is 51.4 Å². The number of aliphatic imine (C=N–C) groups is 1. The first-order chi connectivity index (χ1) is 16.4. The summed E-state index contributed by atoms with van der Waals surface area (Å²) in [4.78, 5) is 9.10. The summed E-state index contributed by atoms with van der Waals surface area (Å²) in [5.74, 6) is 1.25. The molecule has 0 amide bonds. The summed E-state index contributed by atoms with van der Waals surface area (Å²) in [6.45, 7) is 4.59. The first kappa shape index (κ1) is 25.2. The number of nitrogens with two attached hydrogens (primary N) is 1. The van der Waals surface area contributed by atoms with Gasteiger partial charge in [0.2, 0.25) is 0 Å². The molecular formula is C27H32Cl2FN3O. The molecule has 182 valence electrons. The fourth-order valence-corrected chi connectivity index (χ4v) is 5.68. The Labute approximate surface area is 211 Å². The van der Waals surface area contributed by atoms with Gasteiger partial charge in [-0.25, -0.2) is 9.37 Å². The molecule has 0 bridgehead atoms. The molecule has 0 radical (unpaired) electrons. The summed E-state index contributed by atoms with van der Waals surface area (Å²) in [5, 5.41) is 0.574. The zero-order valence-corrected chi connectivity index (χ0v) is 21.1. The first-order valence-corrected chi connectivity index (χ1v) is 12.9. The first-order valence-electron chi connectivity index (χ1n) is 12.1. The van der Waals surface area contributed by atoms with E-state index in [9.17, 15) is 4.39 Å². The fraction of sp³-hybridized carbons (Fsp3) is 0.481. The van der Waals surface area contributed by atoms with Crippen LogP contribution in [0.4, 0.5) is 10.2 Å². The molecule has 4 rings (SSSR count). The van der Waals surface area contributed by atoms with Gasteiger partial charge in [-0.2, -0.15) is 0 Å². The van der Waals surface area contributed by atoms with Crippen molar-refractivity contribution in [1.29, 1.82) is 0 Å². The van der Waals surface area contributed by atoms with Crippen molar-refractivity contribution in [3.05, 3.63) is 63.0 Å². The molecule has 2 aromatic rings. The highest BCUT2D eigenvalue weighted by atomic mass is 35.5. The molecule has 2 aliphatic heterocycles. The van der Waals surface area contributed by atoms with Crippen LogP contribution in [0.5, 0.6) is 0 Å². The van der Waals surface area contributed by atoms with Crippen LogP contribution in [0.1, 0.15) is 61.6 Å². The smallest absolute Gasteiger partial charge is 0.142 e. The number of pyridine rings is 1. The maximum Gasteiger partial charge on any atom is 0.142 e. The van der Waals surface area contributed by atoms with Gasteiger partial charge in [0, 0.05) is 42.8 Å². The van der Waals surface area contributed by atoms with E-state index in [1.807, 2.05) is 19.3 Å². The van der Waals surface area contributed by atoms with Crippen molar-refractivity contribution in [2.24, 2.45) is 16.8 Å². The Hall–Kier alpha value is -1.95.